The molecule has 0 radical (unpaired) electrons. The number of anilines is 1. The molecule has 1 saturated heterocycles. The number of hydrogen-bond acceptors (Lipinski definition) is 4. The Labute approximate surface area is 135 Å². The van der Waals surface area contributed by atoms with Crippen LogP contribution in [0.5, 0.6) is 0 Å². The molecule has 0 spiro atoms. The number of aryl methyl sites for hydroxylation is 2. The minimum absolute atomic E-state index is 0.800. The van der Waals surface area contributed by atoms with Gasteiger partial charge in [0.25, 0.3) is 0 Å². The summed E-state index contributed by atoms with van der Waals surface area (Å²) in [5.74, 6) is 0. The molecule has 1 aliphatic rings. The maximum absolute atomic E-state index is 5.44. The van der Waals surface area contributed by atoms with E-state index in [1.165, 1.54) is 16.6 Å². The molecular formula is C18H20N4O. The smallest absolute Gasteiger partial charge is 0.0893 e. The highest BCUT2D eigenvalue weighted by Gasteiger charge is 2.13. The van der Waals surface area contributed by atoms with Gasteiger partial charge in [0.05, 0.1) is 30.1 Å². The van der Waals surface area contributed by atoms with Crippen molar-refractivity contribution in [2.24, 2.45) is 7.05 Å². The van der Waals surface area contributed by atoms with Gasteiger partial charge in [0.2, 0.25) is 0 Å². The average molecular weight is 308 g/mol. The summed E-state index contributed by atoms with van der Waals surface area (Å²) in [6.07, 6.45) is 1.80. The highest BCUT2D eigenvalue weighted by Crippen LogP contribution is 2.28. The average Bonchev–Trinajstić information content (AvgIpc) is 3.01. The van der Waals surface area contributed by atoms with Gasteiger partial charge in [-0.15, -0.1) is 0 Å². The minimum atomic E-state index is 0.800. The third-order valence-electron chi connectivity index (χ3n) is 4.46. The fourth-order valence-corrected chi connectivity index (χ4v) is 3.16. The van der Waals surface area contributed by atoms with Gasteiger partial charge < -0.3 is 9.64 Å². The first-order chi connectivity index (χ1) is 11.2. The van der Waals surface area contributed by atoms with Crippen molar-refractivity contribution in [3.8, 4) is 11.4 Å². The molecule has 1 aliphatic heterocycles. The Morgan fingerprint density at radius 3 is 2.65 bits per heavy atom. The van der Waals surface area contributed by atoms with Crippen LogP contribution >= 0.6 is 0 Å². The van der Waals surface area contributed by atoms with Crippen LogP contribution in [0.2, 0.25) is 0 Å². The molecule has 5 nitrogen and oxygen atoms in total. The Bertz CT molecular complexity index is 849. The lowest BCUT2D eigenvalue weighted by Gasteiger charge is -2.29. The highest BCUT2D eigenvalue weighted by atomic mass is 16.5. The van der Waals surface area contributed by atoms with Gasteiger partial charge >= 0.3 is 0 Å². The van der Waals surface area contributed by atoms with Crippen LogP contribution in [0.4, 0.5) is 5.69 Å². The zero-order valence-electron chi connectivity index (χ0n) is 13.5. The summed E-state index contributed by atoms with van der Waals surface area (Å²) in [4.78, 5) is 7.19. The molecule has 118 valence electrons. The number of hydrogen-bond donors (Lipinski definition) is 0. The molecule has 0 saturated carbocycles. The van der Waals surface area contributed by atoms with E-state index < -0.39 is 0 Å². The zero-order chi connectivity index (χ0) is 15.8. The lowest BCUT2D eigenvalue weighted by Crippen LogP contribution is -2.36. The SMILES string of the molecule is Cc1cc(-c2ccnn2C)nc2ccc(N3CCOCC3)cc12. The van der Waals surface area contributed by atoms with Crippen molar-refractivity contribution >= 4 is 16.6 Å². The maximum Gasteiger partial charge on any atom is 0.0893 e. The van der Waals surface area contributed by atoms with Gasteiger partial charge in [-0.25, -0.2) is 4.98 Å². The maximum atomic E-state index is 5.44. The van der Waals surface area contributed by atoms with Gasteiger partial charge in [-0.1, -0.05) is 0 Å². The Kier molecular flexibility index (Phi) is 3.50. The van der Waals surface area contributed by atoms with E-state index >= 15 is 0 Å². The lowest BCUT2D eigenvalue weighted by atomic mass is 10.1. The summed E-state index contributed by atoms with van der Waals surface area (Å²) in [6.45, 7) is 5.65. The Hall–Kier alpha value is -2.40. The van der Waals surface area contributed by atoms with Gasteiger partial charge in [0, 0.05) is 37.4 Å². The van der Waals surface area contributed by atoms with Crippen LogP contribution in [-0.4, -0.2) is 41.1 Å². The van der Waals surface area contributed by atoms with Crippen LogP contribution in [0, 0.1) is 6.92 Å². The second kappa shape index (κ2) is 5.66. The summed E-state index contributed by atoms with van der Waals surface area (Å²) >= 11 is 0. The third kappa shape index (κ3) is 2.57. The zero-order valence-corrected chi connectivity index (χ0v) is 13.5. The molecule has 2 aromatic heterocycles. The number of rotatable bonds is 2. The topological polar surface area (TPSA) is 43.2 Å². The van der Waals surface area contributed by atoms with Crippen LogP contribution in [0.1, 0.15) is 5.56 Å². The molecule has 1 aromatic carbocycles. The molecule has 3 aromatic rings. The van der Waals surface area contributed by atoms with Crippen molar-refractivity contribution in [2.75, 3.05) is 31.2 Å². The summed E-state index contributed by atoms with van der Waals surface area (Å²) in [5.41, 5.74) is 5.51. The number of nitrogens with zero attached hydrogens (tertiary/aromatic N) is 4. The Morgan fingerprint density at radius 2 is 1.91 bits per heavy atom. The molecule has 23 heavy (non-hydrogen) atoms. The minimum Gasteiger partial charge on any atom is -0.378 e. The van der Waals surface area contributed by atoms with Crippen molar-refractivity contribution < 1.29 is 4.74 Å². The van der Waals surface area contributed by atoms with E-state index in [0.29, 0.717) is 0 Å². The molecule has 5 heteroatoms. The van der Waals surface area contributed by atoms with Crippen molar-refractivity contribution in [1.29, 1.82) is 0 Å². The molecule has 1 fully saturated rings. The molecule has 3 heterocycles. The van der Waals surface area contributed by atoms with Gasteiger partial charge in [-0.3, -0.25) is 4.68 Å². The first-order valence-corrected chi connectivity index (χ1v) is 7.95. The van der Waals surface area contributed by atoms with Crippen molar-refractivity contribution in [3.05, 3.63) is 42.1 Å². The van der Waals surface area contributed by atoms with E-state index in [1.54, 1.807) is 6.20 Å². The molecule has 0 amide bonds. The lowest BCUT2D eigenvalue weighted by molar-refractivity contribution is 0.122. The van der Waals surface area contributed by atoms with Gasteiger partial charge in [0.15, 0.2) is 0 Å². The van der Waals surface area contributed by atoms with Crippen LogP contribution in [0.25, 0.3) is 22.3 Å². The fraction of sp³-hybridized carbons (Fsp3) is 0.333. The third-order valence-corrected chi connectivity index (χ3v) is 4.46. The predicted molar refractivity (Wildman–Crippen MR) is 91.7 cm³/mol. The highest BCUT2D eigenvalue weighted by molar-refractivity contribution is 5.87. The molecule has 0 atom stereocenters. The predicted octanol–water partition coefficient (Wildman–Crippen LogP) is 2.78. The van der Waals surface area contributed by atoms with Gasteiger partial charge in [0.1, 0.15) is 0 Å². The number of pyridine rings is 1. The van der Waals surface area contributed by atoms with Crippen molar-refractivity contribution in [1.82, 2.24) is 14.8 Å². The standard InChI is InChI=1S/C18H20N4O/c1-13-11-17(18-5-6-19-21(18)2)20-16-4-3-14(12-15(13)16)22-7-9-23-10-8-22/h3-6,11-12H,7-10H2,1-2H3. The van der Waals surface area contributed by atoms with Gasteiger partial charge in [-0.05, 0) is 42.8 Å². The Balaban J connectivity index is 1.78. The number of morpholine rings is 1. The first-order valence-electron chi connectivity index (χ1n) is 7.95. The van der Waals surface area contributed by atoms with Crippen LogP contribution in [0.15, 0.2) is 36.5 Å². The number of fused-ring (bicyclic) bond motifs is 1. The number of ether oxygens (including phenoxy) is 1. The molecular weight excluding hydrogens is 288 g/mol. The quantitative estimate of drug-likeness (QED) is 0.730. The first kappa shape index (κ1) is 14.2. The normalized spacial score (nSPS) is 15.3. The molecule has 0 bridgehead atoms. The van der Waals surface area contributed by atoms with E-state index in [2.05, 4.69) is 41.2 Å². The van der Waals surface area contributed by atoms with Crippen LogP contribution < -0.4 is 4.90 Å². The second-order valence-corrected chi connectivity index (χ2v) is 5.97. The number of aromatic nitrogens is 3. The molecule has 0 N–H and O–H groups in total. The summed E-state index contributed by atoms with van der Waals surface area (Å²) in [6, 6.07) is 10.7. The number of benzene rings is 1. The van der Waals surface area contributed by atoms with Crippen molar-refractivity contribution in [2.45, 2.75) is 6.92 Å². The van der Waals surface area contributed by atoms with Crippen LogP contribution in [0.3, 0.4) is 0 Å². The van der Waals surface area contributed by atoms with E-state index in [0.717, 1.165) is 43.2 Å². The largest absolute Gasteiger partial charge is 0.378 e. The van der Waals surface area contributed by atoms with E-state index in [4.69, 9.17) is 9.72 Å². The fourth-order valence-electron chi connectivity index (χ4n) is 3.16. The molecule has 0 unspecified atom stereocenters. The summed E-state index contributed by atoms with van der Waals surface area (Å²) < 4.78 is 7.30. The molecule has 0 aliphatic carbocycles. The van der Waals surface area contributed by atoms with E-state index in [-0.39, 0.29) is 0 Å². The van der Waals surface area contributed by atoms with E-state index in [1.807, 2.05) is 17.8 Å². The van der Waals surface area contributed by atoms with Gasteiger partial charge in [-0.2, -0.15) is 5.10 Å². The Morgan fingerprint density at radius 1 is 1.09 bits per heavy atom. The van der Waals surface area contributed by atoms with E-state index in [9.17, 15) is 0 Å². The summed E-state index contributed by atoms with van der Waals surface area (Å²) in [5, 5.41) is 5.44. The molecule has 4 rings (SSSR count). The monoisotopic (exact) mass is 308 g/mol. The summed E-state index contributed by atoms with van der Waals surface area (Å²) in [7, 11) is 1.94. The van der Waals surface area contributed by atoms with Crippen molar-refractivity contribution in [3.63, 3.8) is 0 Å². The van der Waals surface area contributed by atoms with Crippen LogP contribution in [-0.2, 0) is 11.8 Å². The second-order valence-electron chi connectivity index (χ2n) is 5.97.